The van der Waals surface area contributed by atoms with Crippen molar-refractivity contribution in [2.45, 2.75) is 88.2 Å². The van der Waals surface area contributed by atoms with Crippen LogP contribution in [0.5, 0.6) is 0 Å². The van der Waals surface area contributed by atoms with Gasteiger partial charge in [-0.25, -0.2) is 0 Å². The van der Waals surface area contributed by atoms with Crippen LogP contribution in [-0.4, -0.2) is 102 Å². The molecule has 10 atom stereocenters. The second-order valence-corrected chi connectivity index (χ2v) is 11.3. The Morgan fingerprint density at radius 3 is 1.72 bits per heavy atom. The fraction of sp³-hybridized carbons (Fsp3) is 0.486. The second-order valence-electron chi connectivity index (χ2n) is 11.3. The summed E-state index contributed by atoms with van der Waals surface area (Å²) < 4.78 is 43.5. The summed E-state index contributed by atoms with van der Waals surface area (Å²) in [5, 5.41) is 41.0. The molecule has 0 spiro atoms. The summed E-state index contributed by atoms with van der Waals surface area (Å²) in [5.41, 5.74) is 2.85. The van der Waals surface area contributed by atoms with Crippen molar-refractivity contribution >= 4 is 0 Å². The minimum Gasteiger partial charge on any atom is -0.394 e. The third-order valence-electron chi connectivity index (χ3n) is 8.00. The van der Waals surface area contributed by atoms with Gasteiger partial charge >= 0.3 is 0 Å². The highest BCUT2D eigenvalue weighted by Crippen LogP contribution is 2.34. The van der Waals surface area contributed by atoms with Gasteiger partial charge in [0.2, 0.25) is 0 Å². The van der Waals surface area contributed by atoms with Crippen molar-refractivity contribution in [2.24, 2.45) is 0 Å². The molecule has 250 valence electrons. The van der Waals surface area contributed by atoms with E-state index in [0.717, 1.165) is 16.7 Å². The van der Waals surface area contributed by atoms with E-state index in [-0.39, 0.29) is 26.4 Å². The Balaban J connectivity index is 1.41. The number of hydrogen-bond donors (Lipinski definition) is 4. The number of aliphatic hydroxyl groups is 4. The van der Waals surface area contributed by atoms with E-state index in [0.29, 0.717) is 6.61 Å². The highest BCUT2D eigenvalue weighted by Gasteiger charge is 2.53. The maximum atomic E-state index is 10.8. The van der Waals surface area contributed by atoms with E-state index in [1.54, 1.807) is 0 Å². The molecule has 11 nitrogen and oxygen atoms in total. The minimum absolute atomic E-state index is 0.00902. The van der Waals surface area contributed by atoms with Crippen molar-refractivity contribution in [1.82, 2.24) is 0 Å². The largest absolute Gasteiger partial charge is 0.394 e. The van der Waals surface area contributed by atoms with Crippen LogP contribution < -0.4 is 0 Å². The van der Waals surface area contributed by atoms with E-state index in [9.17, 15) is 20.4 Å². The van der Waals surface area contributed by atoms with Gasteiger partial charge in [0.05, 0.1) is 33.0 Å². The van der Waals surface area contributed by atoms with E-state index in [2.05, 4.69) is 0 Å². The Kier molecular flexibility index (Phi) is 13.1. The summed E-state index contributed by atoms with van der Waals surface area (Å²) >= 11 is 0. The third-order valence-corrected chi connectivity index (χ3v) is 8.00. The maximum absolute atomic E-state index is 10.8. The number of benzene rings is 3. The molecule has 0 saturated carbocycles. The van der Waals surface area contributed by atoms with Crippen LogP contribution >= 0.6 is 0 Å². The highest BCUT2D eigenvalue weighted by molar-refractivity contribution is 5.15. The van der Waals surface area contributed by atoms with Gasteiger partial charge in [0.1, 0.15) is 48.8 Å². The lowest BCUT2D eigenvalue weighted by Crippen LogP contribution is -2.47. The molecule has 0 bridgehead atoms. The van der Waals surface area contributed by atoms with E-state index in [4.69, 9.17) is 33.2 Å². The van der Waals surface area contributed by atoms with Gasteiger partial charge in [0.15, 0.2) is 12.6 Å². The molecule has 0 radical (unpaired) electrons. The third kappa shape index (κ3) is 8.97. The molecule has 0 amide bonds. The highest BCUT2D eigenvalue weighted by atomic mass is 16.8. The fourth-order valence-corrected chi connectivity index (χ4v) is 5.60. The van der Waals surface area contributed by atoms with Crippen LogP contribution in [0, 0.1) is 0 Å². The van der Waals surface area contributed by atoms with Gasteiger partial charge in [-0.3, -0.25) is 0 Å². The van der Waals surface area contributed by atoms with E-state index >= 15 is 0 Å². The monoisotopic (exact) mass is 640 g/mol. The molecule has 2 fully saturated rings. The van der Waals surface area contributed by atoms with E-state index in [1.165, 1.54) is 0 Å². The van der Waals surface area contributed by atoms with Crippen molar-refractivity contribution in [2.75, 3.05) is 19.8 Å². The summed E-state index contributed by atoms with van der Waals surface area (Å²) in [4.78, 5) is 0. The summed E-state index contributed by atoms with van der Waals surface area (Å²) in [6.45, 7) is 2.34. The standard InChI is InChI=1S/C35H44O11/c1-2-41-35-33(43-21-25-16-10-5-11-17-25)32(42-20-24-14-8-4-9-15-24)31(46-35)27(22-40-19-23-12-6-3-7-13-23)44-34-29(39)28(38)30(45-34)26(37)18-36/h3-17,26-39H,2,18-22H2,1H3/t26-,27-,28-,29-,30+,31+,32+,33-,34-,35-/m1/s1. The quantitative estimate of drug-likeness (QED) is 0.173. The topological polar surface area (TPSA) is 146 Å². The number of hydrogen-bond acceptors (Lipinski definition) is 11. The molecule has 0 aliphatic carbocycles. The first-order valence-corrected chi connectivity index (χ1v) is 15.6. The molecule has 46 heavy (non-hydrogen) atoms. The van der Waals surface area contributed by atoms with Gasteiger partial charge in [-0.2, -0.15) is 0 Å². The van der Waals surface area contributed by atoms with Crippen LogP contribution in [0.1, 0.15) is 23.6 Å². The molecule has 11 heteroatoms. The van der Waals surface area contributed by atoms with E-state index in [1.807, 2.05) is 97.9 Å². The van der Waals surface area contributed by atoms with Crippen molar-refractivity contribution in [3.05, 3.63) is 108 Å². The van der Waals surface area contributed by atoms with Crippen LogP contribution in [0.15, 0.2) is 91.0 Å². The summed E-state index contributed by atoms with van der Waals surface area (Å²) in [7, 11) is 0. The predicted octanol–water partition coefficient (Wildman–Crippen LogP) is 2.32. The minimum atomic E-state index is -1.51. The average molecular weight is 641 g/mol. The van der Waals surface area contributed by atoms with Gasteiger partial charge < -0.3 is 53.6 Å². The van der Waals surface area contributed by atoms with Gasteiger partial charge in [-0.05, 0) is 23.6 Å². The molecule has 0 aromatic heterocycles. The summed E-state index contributed by atoms with van der Waals surface area (Å²) in [6.07, 6.45) is -11.0. The second kappa shape index (κ2) is 17.4. The molecule has 5 rings (SSSR count). The number of rotatable bonds is 17. The normalized spacial score (nSPS) is 29.2. The molecule has 4 N–H and O–H groups in total. The van der Waals surface area contributed by atoms with Gasteiger partial charge in [0.25, 0.3) is 0 Å². The first-order valence-electron chi connectivity index (χ1n) is 15.6. The van der Waals surface area contributed by atoms with Gasteiger partial charge in [-0.1, -0.05) is 91.0 Å². The van der Waals surface area contributed by atoms with Crippen LogP contribution in [0.25, 0.3) is 0 Å². The van der Waals surface area contributed by atoms with Crippen LogP contribution in [0.3, 0.4) is 0 Å². The molecule has 3 aromatic rings. The Bertz CT molecular complexity index is 1270. The zero-order valence-electron chi connectivity index (χ0n) is 25.8. The lowest BCUT2D eigenvalue weighted by molar-refractivity contribution is -0.248. The number of ether oxygens (including phenoxy) is 7. The SMILES string of the molecule is CCO[C@@H]1O[C@@H]([C@@H](COCc2ccccc2)O[C@@H]2O[C@@H]([C@H](O)CO)[C@H](O)[C@H]2O)[C@H](OCc2ccccc2)[C@H]1OCc1ccccc1. The maximum Gasteiger partial charge on any atom is 0.187 e. The Hall–Kier alpha value is -2.78. The Morgan fingerprint density at radius 2 is 1.17 bits per heavy atom. The molecule has 2 heterocycles. The molecular weight excluding hydrogens is 596 g/mol. The van der Waals surface area contributed by atoms with Crippen LogP contribution in [0.2, 0.25) is 0 Å². The molecule has 2 saturated heterocycles. The van der Waals surface area contributed by atoms with Crippen molar-refractivity contribution in [1.29, 1.82) is 0 Å². The summed E-state index contributed by atoms with van der Waals surface area (Å²) in [6, 6.07) is 29.1. The van der Waals surface area contributed by atoms with Gasteiger partial charge in [-0.15, -0.1) is 0 Å². The van der Waals surface area contributed by atoms with Crippen molar-refractivity contribution < 1.29 is 53.6 Å². The molecular formula is C35H44O11. The predicted molar refractivity (Wildman–Crippen MR) is 165 cm³/mol. The zero-order valence-corrected chi connectivity index (χ0v) is 25.8. The van der Waals surface area contributed by atoms with Crippen LogP contribution in [-0.2, 0) is 53.0 Å². The van der Waals surface area contributed by atoms with Crippen molar-refractivity contribution in [3.8, 4) is 0 Å². The van der Waals surface area contributed by atoms with Gasteiger partial charge in [0, 0.05) is 6.61 Å². The first-order chi connectivity index (χ1) is 22.5. The zero-order chi connectivity index (χ0) is 32.3. The lowest BCUT2D eigenvalue weighted by Gasteiger charge is -2.31. The molecule has 2 aliphatic heterocycles. The Labute approximate surface area is 269 Å². The fourth-order valence-electron chi connectivity index (χ4n) is 5.60. The average Bonchev–Trinajstić information content (AvgIpc) is 3.58. The summed E-state index contributed by atoms with van der Waals surface area (Å²) in [5.74, 6) is 0. The number of aliphatic hydroxyl groups excluding tert-OH is 4. The Morgan fingerprint density at radius 1 is 0.652 bits per heavy atom. The smallest absolute Gasteiger partial charge is 0.187 e. The lowest BCUT2D eigenvalue weighted by atomic mass is 10.0. The van der Waals surface area contributed by atoms with Crippen molar-refractivity contribution in [3.63, 3.8) is 0 Å². The molecule has 0 unspecified atom stereocenters. The van der Waals surface area contributed by atoms with Crippen LogP contribution in [0.4, 0.5) is 0 Å². The molecule has 2 aliphatic rings. The first kappa shape index (κ1) is 34.6. The van der Waals surface area contributed by atoms with E-state index < -0.39 is 68.0 Å². The molecule has 3 aromatic carbocycles.